The van der Waals surface area contributed by atoms with E-state index >= 15 is 0 Å². The molecule has 0 unspecified atom stereocenters. The molecule has 1 aromatic heterocycles. The molecule has 2 aromatic carbocycles. The molecule has 3 rings (SSSR count). The van der Waals surface area contributed by atoms with Gasteiger partial charge in [-0.25, -0.2) is 14.3 Å². The van der Waals surface area contributed by atoms with Crippen molar-refractivity contribution in [1.82, 2.24) is 9.55 Å². The van der Waals surface area contributed by atoms with Gasteiger partial charge in [-0.2, -0.15) is 0 Å². The van der Waals surface area contributed by atoms with Crippen LogP contribution in [0.3, 0.4) is 0 Å². The standard InChI is InChI=1S/C16H11N3O4/c20-16(21)18-9-8-17-15(18)12-6-7-13(14(10-12)19(22)23)11-4-2-1-3-5-11/h1-10H,(H,20,21). The summed E-state index contributed by atoms with van der Waals surface area (Å²) in [7, 11) is 0. The molecule has 3 aromatic rings. The second-order valence-electron chi connectivity index (χ2n) is 4.76. The molecule has 7 nitrogen and oxygen atoms in total. The molecule has 1 heterocycles. The number of hydrogen-bond donors (Lipinski definition) is 1. The van der Waals surface area contributed by atoms with Crippen molar-refractivity contribution in [2.75, 3.05) is 0 Å². The molecule has 0 bridgehead atoms. The largest absolute Gasteiger partial charge is 0.464 e. The maximum atomic E-state index is 11.4. The Balaban J connectivity index is 2.16. The number of nitrogens with zero attached hydrogens (tertiary/aromatic N) is 3. The molecule has 0 aliphatic rings. The van der Waals surface area contributed by atoms with Crippen LogP contribution in [-0.2, 0) is 0 Å². The van der Waals surface area contributed by atoms with Crippen molar-refractivity contribution in [2.24, 2.45) is 0 Å². The molecule has 0 radical (unpaired) electrons. The van der Waals surface area contributed by atoms with Gasteiger partial charge in [0.2, 0.25) is 0 Å². The van der Waals surface area contributed by atoms with Gasteiger partial charge in [-0.1, -0.05) is 36.4 Å². The van der Waals surface area contributed by atoms with Gasteiger partial charge in [0, 0.05) is 24.0 Å². The molecular weight excluding hydrogens is 298 g/mol. The van der Waals surface area contributed by atoms with Crippen LogP contribution in [0.5, 0.6) is 0 Å². The van der Waals surface area contributed by atoms with E-state index in [-0.39, 0.29) is 11.5 Å². The van der Waals surface area contributed by atoms with Gasteiger partial charge in [-0.05, 0) is 11.6 Å². The zero-order valence-electron chi connectivity index (χ0n) is 11.8. The molecule has 23 heavy (non-hydrogen) atoms. The van der Waals surface area contributed by atoms with Gasteiger partial charge < -0.3 is 5.11 Å². The number of imidazole rings is 1. The first-order valence-corrected chi connectivity index (χ1v) is 6.69. The highest BCUT2D eigenvalue weighted by atomic mass is 16.6. The minimum atomic E-state index is -1.20. The van der Waals surface area contributed by atoms with Crippen LogP contribution in [-0.4, -0.2) is 25.7 Å². The highest BCUT2D eigenvalue weighted by Gasteiger charge is 2.19. The van der Waals surface area contributed by atoms with E-state index in [9.17, 15) is 14.9 Å². The molecule has 7 heteroatoms. The van der Waals surface area contributed by atoms with Crippen molar-refractivity contribution in [2.45, 2.75) is 0 Å². The van der Waals surface area contributed by atoms with E-state index in [2.05, 4.69) is 4.98 Å². The summed E-state index contributed by atoms with van der Waals surface area (Å²) in [5, 5.41) is 20.5. The molecule has 0 aliphatic carbocycles. The Morgan fingerprint density at radius 2 is 1.87 bits per heavy atom. The molecule has 0 saturated carbocycles. The average molecular weight is 309 g/mol. The van der Waals surface area contributed by atoms with Gasteiger partial charge in [-0.15, -0.1) is 0 Å². The van der Waals surface area contributed by atoms with Crippen molar-refractivity contribution >= 4 is 11.8 Å². The van der Waals surface area contributed by atoms with E-state index in [4.69, 9.17) is 5.11 Å². The van der Waals surface area contributed by atoms with E-state index in [1.807, 2.05) is 6.07 Å². The van der Waals surface area contributed by atoms with Crippen LogP contribution in [0, 0.1) is 10.1 Å². The Morgan fingerprint density at radius 1 is 1.13 bits per heavy atom. The summed E-state index contributed by atoms with van der Waals surface area (Å²) < 4.78 is 0.918. The van der Waals surface area contributed by atoms with E-state index < -0.39 is 11.0 Å². The minimum absolute atomic E-state index is 0.103. The first-order valence-electron chi connectivity index (χ1n) is 6.69. The van der Waals surface area contributed by atoms with Crippen LogP contribution in [0.2, 0.25) is 0 Å². The molecule has 0 spiro atoms. The van der Waals surface area contributed by atoms with Crippen LogP contribution < -0.4 is 0 Å². The molecule has 0 atom stereocenters. The van der Waals surface area contributed by atoms with E-state index in [0.717, 1.165) is 4.57 Å². The fraction of sp³-hybridized carbons (Fsp3) is 0. The number of benzene rings is 2. The number of aromatic nitrogens is 2. The molecule has 0 saturated heterocycles. The Labute approximate surface area is 130 Å². The van der Waals surface area contributed by atoms with E-state index in [1.165, 1.54) is 18.5 Å². The van der Waals surface area contributed by atoms with Crippen LogP contribution in [0.4, 0.5) is 10.5 Å². The first kappa shape index (κ1) is 14.5. The second kappa shape index (κ2) is 5.72. The summed E-state index contributed by atoms with van der Waals surface area (Å²) in [6, 6.07) is 13.5. The molecular formula is C16H11N3O4. The topological polar surface area (TPSA) is 98.3 Å². The predicted octanol–water partition coefficient (Wildman–Crippen LogP) is 3.65. The van der Waals surface area contributed by atoms with Crippen molar-refractivity contribution in [3.63, 3.8) is 0 Å². The summed E-state index contributed by atoms with van der Waals surface area (Å²) in [4.78, 5) is 26.0. The van der Waals surface area contributed by atoms with Gasteiger partial charge in [-0.3, -0.25) is 10.1 Å². The summed E-state index contributed by atoms with van der Waals surface area (Å²) in [6.07, 6.45) is 1.42. The van der Waals surface area contributed by atoms with Crippen LogP contribution in [0.15, 0.2) is 60.9 Å². The third-order valence-electron chi connectivity index (χ3n) is 3.38. The van der Waals surface area contributed by atoms with Gasteiger partial charge in [0.05, 0.1) is 10.5 Å². The van der Waals surface area contributed by atoms with Crippen molar-refractivity contribution in [1.29, 1.82) is 0 Å². The Kier molecular flexibility index (Phi) is 3.60. The second-order valence-corrected chi connectivity index (χ2v) is 4.76. The van der Waals surface area contributed by atoms with Crippen LogP contribution in [0.25, 0.3) is 22.5 Å². The molecule has 114 valence electrons. The number of carbonyl (C=O) groups is 1. The van der Waals surface area contributed by atoms with Gasteiger partial charge in [0.25, 0.3) is 5.69 Å². The third-order valence-corrected chi connectivity index (χ3v) is 3.38. The summed E-state index contributed by atoms with van der Waals surface area (Å²) in [5.74, 6) is 0.139. The monoisotopic (exact) mass is 309 g/mol. The summed E-state index contributed by atoms with van der Waals surface area (Å²) >= 11 is 0. The molecule has 0 fully saturated rings. The average Bonchev–Trinajstić information content (AvgIpc) is 3.05. The maximum absolute atomic E-state index is 11.4. The van der Waals surface area contributed by atoms with Crippen molar-refractivity contribution in [3.05, 3.63) is 71.0 Å². The number of nitro groups is 1. The van der Waals surface area contributed by atoms with Gasteiger partial charge >= 0.3 is 6.09 Å². The molecule has 0 amide bonds. The fourth-order valence-corrected chi connectivity index (χ4v) is 2.35. The number of nitro benzene ring substituents is 1. The fourth-order valence-electron chi connectivity index (χ4n) is 2.35. The lowest BCUT2D eigenvalue weighted by atomic mass is 10.0. The summed E-state index contributed by atoms with van der Waals surface area (Å²) in [6.45, 7) is 0. The molecule has 0 aliphatic heterocycles. The van der Waals surface area contributed by atoms with Crippen molar-refractivity contribution in [3.8, 4) is 22.5 Å². The zero-order chi connectivity index (χ0) is 16.4. The quantitative estimate of drug-likeness (QED) is 0.588. The highest BCUT2D eigenvalue weighted by molar-refractivity contribution is 5.80. The van der Waals surface area contributed by atoms with Crippen LogP contribution in [0.1, 0.15) is 0 Å². The molecule has 1 N–H and O–H groups in total. The lowest BCUT2D eigenvalue weighted by Crippen LogP contribution is -2.08. The van der Waals surface area contributed by atoms with Gasteiger partial charge in [0.1, 0.15) is 5.82 Å². The first-order chi connectivity index (χ1) is 11.1. The maximum Gasteiger partial charge on any atom is 0.417 e. The normalized spacial score (nSPS) is 10.4. The summed E-state index contributed by atoms with van der Waals surface area (Å²) in [5.41, 5.74) is 1.44. The lowest BCUT2D eigenvalue weighted by molar-refractivity contribution is -0.384. The number of carboxylic acid groups (broad SMARTS) is 1. The number of rotatable bonds is 3. The van der Waals surface area contributed by atoms with E-state index in [1.54, 1.807) is 36.4 Å². The Bertz CT molecular complexity index is 887. The zero-order valence-corrected chi connectivity index (χ0v) is 11.8. The van der Waals surface area contributed by atoms with Crippen LogP contribution >= 0.6 is 0 Å². The number of hydrogen-bond acceptors (Lipinski definition) is 4. The smallest absolute Gasteiger partial charge is 0.417 e. The predicted molar refractivity (Wildman–Crippen MR) is 83.2 cm³/mol. The Hall–Kier alpha value is -3.48. The third kappa shape index (κ3) is 2.67. The highest BCUT2D eigenvalue weighted by Crippen LogP contribution is 2.33. The SMILES string of the molecule is O=C(O)n1ccnc1-c1ccc(-c2ccccc2)c([N+](=O)[O-])c1. The lowest BCUT2D eigenvalue weighted by Gasteiger charge is -2.07. The van der Waals surface area contributed by atoms with E-state index in [0.29, 0.717) is 16.7 Å². The minimum Gasteiger partial charge on any atom is -0.464 e. The Morgan fingerprint density at radius 3 is 2.52 bits per heavy atom. The van der Waals surface area contributed by atoms with Gasteiger partial charge in [0.15, 0.2) is 0 Å². The van der Waals surface area contributed by atoms with Crippen molar-refractivity contribution < 1.29 is 14.8 Å².